The molecule has 3 aliphatic rings. The molecule has 0 radical (unpaired) electrons. The fourth-order valence-corrected chi connectivity index (χ4v) is 7.87. The van der Waals surface area contributed by atoms with Crippen molar-refractivity contribution < 1.29 is 14.3 Å². The number of aromatic nitrogens is 2. The molecule has 2 heterocycles. The summed E-state index contributed by atoms with van der Waals surface area (Å²) in [7, 11) is 0. The zero-order valence-electron chi connectivity index (χ0n) is 24.5. The van der Waals surface area contributed by atoms with Gasteiger partial charge in [0.25, 0.3) is 0 Å². The molecule has 1 aliphatic heterocycles. The first-order chi connectivity index (χ1) is 18.6. The van der Waals surface area contributed by atoms with Gasteiger partial charge in [0.2, 0.25) is 0 Å². The molecule has 39 heavy (non-hydrogen) atoms. The highest BCUT2D eigenvalue weighted by Crippen LogP contribution is 2.48. The van der Waals surface area contributed by atoms with Gasteiger partial charge in [-0.2, -0.15) is 5.10 Å². The third-order valence-electron chi connectivity index (χ3n) is 10.5. The van der Waals surface area contributed by atoms with Crippen LogP contribution in [0.15, 0.2) is 24.3 Å². The van der Waals surface area contributed by atoms with Crippen LogP contribution >= 0.6 is 0 Å². The van der Waals surface area contributed by atoms with Gasteiger partial charge < -0.3 is 10.0 Å². The van der Waals surface area contributed by atoms with Gasteiger partial charge in [-0.05, 0) is 113 Å². The molecule has 1 saturated carbocycles. The number of carboxylic acid groups (broad SMARTS) is 1. The summed E-state index contributed by atoms with van der Waals surface area (Å²) >= 11 is 0. The van der Waals surface area contributed by atoms with E-state index in [0.717, 1.165) is 70.3 Å². The molecule has 7 heteroatoms. The summed E-state index contributed by atoms with van der Waals surface area (Å²) in [5.41, 5.74) is 4.65. The molecule has 214 valence electrons. The predicted molar refractivity (Wildman–Crippen MR) is 153 cm³/mol. The second-order valence-corrected chi connectivity index (χ2v) is 12.9. The lowest BCUT2D eigenvalue weighted by Crippen LogP contribution is -2.56. The van der Waals surface area contributed by atoms with Crippen LogP contribution in [0.1, 0.15) is 95.2 Å². The number of aryl methyl sites for hydroxylation is 2. The fraction of sp³-hybridized carbons (Fsp3) is 0.688. The van der Waals surface area contributed by atoms with E-state index in [9.17, 15) is 14.3 Å². The molecule has 2 fully saturated rings. The van der Waals surface area contributed by atoms with E-state index in [0.29, 0.717) is 5.92 Å². The zero-order valence-corrected chi connectivity index (χ0v) is 24.5. The summed E-state index contributed by atoms with van der Waals surface area (Å²) in [5.74, 6) is -0.475. The molecule has 5 rings (SSSR count). The van der Waals surface area contributed by atoms with Crippen molar-refractivity contribution in [1.82, 2.24) is 20.0 Å². The summed E-state index contributed by atoms with van der Waals surface area (Å²) in [6.07, 6.45) is 7.48. The first-order valence-corrected chi connectivity index (χ1v) is 15.2. The molecule has 6 nitrogen and oxygen atoms in total. The van der Waals surface area contributed by atoms with Crippen molar-refractivity contribution in [3.63, 3.8) is 0 Å². The first kappa shape index (κ1) is 28.3. The van der Waals surface area contributed by atoms with Gasteiger partial charge in [-0.1, -0.05) is 32.9 Å². The van der Waals surface area contributed by atoms with Gasteiger partial charge in [-0.15, -0.1) is 0 Å². The number of rotatable bonds is 9. The maximum Gasteiger partial charge on any atom is 0.323 e. The van der Waals surface area contributed by atoms with Crippen LogP contribution in [0.25, 0.3) is 0 Å². The van der Waals surface area contributed by atoms with Gasteiger partial charge in [0.05, 0.1) is 5.69 Å². The summed E-state index contributed by atoms with van der Waals surface area (Å²) in [6, 6.07) is 7.13. The highest BCUT2D eigenvalue weighted by Gasteiger charge is 2.47. The topological polar surface area (TPSA) is 70.4 Å². The quantitative estimate of drug-likeness (QED) is 0.439. The molecular weight excluding hydrogens is 491 g/mol. The Morgan fingerprint density at radius 3 is 2.59 bits per heavy atom. The van der Waals surface area contributed by atoms with Gasteiger partial charge in [-0.25, -0.2) is 4.39 Å². The summed E-state index contributed by atoms with van der Waals surface area (Å²) < 4.78 is 16.5. The van der Waals surface area contributed by atoms with E-state index >= 15 is 0 Å². The Kier molecular flexibility index (Phi) is 7.95. The summed E-state index contributed by atoms with van der Waals surface area (Å²) in [6.45, 7) is 14.2. The number of carbonyl (C=O) groups is 1. The van der Waals surface area contributed by atoms with E-state index < -0.39 is 11.5 Å². The minimum Gasteiger partial charge on any atom is -0.480 e. The average Bonchev–Trinajstić information content (AvgIpc) is 3.59. The number of hydrogen-bond acceptors (Lipinski definition) is 4. The predicted octanol–water partition coefficient (Wildman–Crippen LogP) is 5.54. The Balaban J connectivity index is 1.31. The van der Waals surface area contributed by atoms with Crippen LogP contribution < -0.4 is 5.32 Å². The highest BCUT2D eigenvalue weighted by molar-refractivity contribution is 5.78. The molecule has 0 bridgehead atoms. The number of aliphatic carboxylic acids is 1. The average molecular weight is 539 g/mol. The Bertz CT molecular complexity index is 1180. The molecule has 2 aromatic rings. The third kappa shape index (κ3) is 5.17. The van der Waals surface area contributed by atoms with Crippen molar-refractivity contribution in [3.8, 4) is 0 Å². The van der Waals surface area contributed by atoms with Gasteiger partial charge in [0.1, 0.15) is 11.4 Å². The molecule has 1 saturated heterocycles. The minimum atomic E-state index is -0.983. The molecule has 1 unspecified atom stereocenters. The highest BCUT2D eigenvalue weighted by atomic mass is 19.1. The number of carboxylic acids is 1. The smallest absolute Gasteiger partial charge is 0.323 e. The second kappa shape index (κ2) is 11.0. The van der Waals surface area contributed by atoms with Crippen molar-refractivity contribution in [3.05, 3.63) is 52.6 Å². The molecule has 1 spiro atoms. The van der Waals surface area contributed by atoms with Gasteiger partial charge in [-0.3, -0.25) is 14.8 Å². The molecule has 2 N–H and O–H groups in total. The maximum absolute atomic E-state index is 14.3. The van der Waals surface area contributed by atoms with E-state index in [-0.39, 0.29) is 29.1 Å². The monoisotopic (exact) mass is 538 g/mol. The van der Waals surface area contributed by atoms with Crippen LogP contribution in [0.5, 0.6) is 0 Å². The van der Waals surface area contributed by atoms with E-state index in [1.807, 2.05) is 26.0 Å². The van der Waals surface area contributed by atoms with Crippen LogP contribution in [0.2, 0.25) is 0 Å². The third-order valence-corrected chi connectivity index (χ3v) is 10.5. The number of piperidine rings is 1. The first-order valence-electron chi connectivity index (χ1n) is 15.2. The van der Waals surface area contributed by atoms with E-state index in [4.69, 9.17) is 5.10 Å². The van der Waals surface area contributed by atoms with Gasteiger partial charge in [0.15, 0.2) is 0 Å². The van der Waals surface area contributed by atoms with Crippen LogP contribution in [0.3, 0.4) is 0 Å². The Hall–Kier alpha value is -2.25. The van der Waals surface area contributed by atoms with Crippen molar-refractivity contribution in [2.24, 2.45) is 11.8 Å². The van der Waals surface area contributed by atoms with Crippen LogP contribution in [0, 0.1) is 17.7 Å². The zero-order chi connectivity index (χ0) is 27.9. The van der Waals surface area contributed by atoms with Crippen molar-refractivity contribution in [1.29, 1.82) is 0 Å². The lowest BCUT2D eigenvalue weighted by molar-refractivity contribution is -0.146. The molecule has 2 aliphatic carbocycles. The molecule has 1 aromatic carbocycles. The number of halogens is 1. The van der Waals surface area contributed by atoms with E-state index in [2.05, 4.69) is 28.7 Å². The van der Waals surface area contributed by atoms with Gasteiger partial charge in [0, 0.05) is 30.2 Å². The summed E-state index contributed by atoms with van der Waals surface area (Å²) in [5, 5.41) is 18.5. The minimum absolute atomic E-state index is 0.0407. The maximum atomic E-state index is 14.3. The number of nitrogens with zero attached hydrogens (tertiary/aromatic N) is 3. The van der Waals surface area contributed by atoms with E-state index in [1.165, 1.54) is 29.4 Å². The summed E-state index contributed by atoms with van der Waals surface area (Å²) in [4.78, 5) is 14.8. The van der Waals surface area contributed by atoms with Crippen molar-refractivity contribution >= 4 is 5.97 Å². The van der Waals surface area contributed by atoms with E-state index in [1.54, 1.807) is 13.0 Å². The number of benzene rings is 1. The lowest BCUT2D eigenvalue weighted by Gasteiger charge is -2.41. The number of likely N-dealkylation sites (tertiary alicyclic amines) is 1. The van der Waals surface area contributed by atoms with Crippen LogP contribution in [-0.2, 0) is 29.6 Å². The lowest BCUT2D eigenvalue weighted by atomic mass is 9.75. The fourth-order valence-electron chi connectivity index (χ4n) is 7.87. The van der Waals surface area contributed by atoms with Crippen LogP contribution in [-0.4, -0.2) is 57.0 Å². The number of nitrogens with one attached hydrogen (secondary N) is 1. The molecular formula is C32H47FN4O2. The largest absolute Gasteiger partial charge is 0.480 e. The standard InChI is InChI=1S/C32H47FN4O2/c1-6-28-26-11-12-32(29(26)37(7-2)35-28)13-15-36(16-14-32)20-23-18-25(34-31(5,21(3)4)30(38)39)19-27(23)22-9-8-10-24(33)17-22/h8-10,17,21,23,25,27,34H,6-7,11-16,18-20H2,1-5H3,(H,38,39)/t23-,25-,27-,31?/m1/s1. The van der Waals surface area contributed by atoms with Gasteiger partial charge >= 0.3 is 5.97 Å². The Morgan fingerprint density at radius 1 is 1.23 bits per heavy atom. The normalized spacial score (nSPS) is 26.3. The number of fused-ring (bicyclic) bond motifs is 2. The molecule has 0 amide bonds. The second-order valence-electron chi connectivity index (χ2n) is 12.9. The Morgan fingerprint density at radius 2 is 1.97 bits per heavy atom. The SMILES string of the molecule is CCc1nn(CC)c2c1CCC21CCN(C[C@H]2C[C@@H](NC(C)(C(=O)O)C(C)C)C[C@@H]2c2cccc(F)c2)CC1. The van der Waals surface area contributed by atoms with Crippen molar-refractivity contribution in [2.75, 3.05) is 19.6 Å². The number of hydrogen-bond donors (Lipinski definition) is 2. The van der Waals surface area contributed by atoms with Crippen LogP contribution in [0.4, 0.5) is 4.39 Å². The van der Waals surface area contributed by atoms with Crippen molar-refractivity contribution in [2.45, 2.75) is 109 Å². The molecule has 4 atom stereocenters. The molecule has 1 aromatic heterocycles. The Labute approximate surface area is 233 Å².